The van der Waals surface area contributed by atoms with Crippen LogP contribution in [0.25, 0.3) is 0 Å². The standard InChI is InChI=1S/C16H18O5S/c1-12-2-8-15(9-3-12)22(19,20)21-11-13-4-6-14(7-5-13)16(18)10-17/h2-9,16-18H,10-11H2,1H3/t16-/m1/s1. The molecule has 2 aromatic carbocycles. The lowest BCUT2D eigenvalue weighted by Gasteiger charge is -2.09. The van der Waals surface area contributed by atoms with Crippen molar-refractivity contribution in [3.05, 3.63) is 65.2 Å². The molecule has 1 atom stereocenters. The fourth-order valence-corrected chi connectivity index (χ4v) is 2.76. The molecule has 5 nitrogen and oxygen atoms in total. The summed E-state index contributed by atoms with van der Waals surface area (Å²) in [4.78, 5) is 0.116. The lowest BCUT2D eigenvalue weighted by Crippen LogP contribution is -2.07. The van der Waals surface area contributed by atoms with Crippen molar-refractivity contribution in [2.24, 2.45) is 0 Å². The van der Waals surface area contributed by atoms with Gasteiger partial charge in [0.2, 0.25) is 0 Å². The van der Waals surface area contributed by atoms with Crippen molar-refractivity contribution in [3.8, 4) is 0 Å². The molecule has 2 N–H and O–H groups in total. The topological polar surface area (TPSA) is 83.8 Å². The smallest absolute Gasteiger partial charge is 0.297 e. The van der Waals surface area contributed by atoms with Gasteiger partial charge in [-0.2, -0.15) is 8.42 Å². The van der Waals surface area contributed by atoms with Gasteiger partial charge in [0, 0.05) is 0 Å². The number of hydrogen-bond donors (Lipinski definition) is 2. The third kappa shape index (κ3) is 4.14. The fourth-order valence-electron chi connectivity index (χ4n) is 1.86. The Morgan fingerprint density at radius 1 is 1.05 bits per heavy atom. The van der Waals surface area contributed by atoms with Crippen LogP contribution in [-0.4, -0.2) is 25.2 Å². The summed E-state index contributed by atoms with van der Waals surface area (Å²) >= 11 is 0. The third-order valence-electron chi connectivity index (χ3n) is 3.23. The number of rotatable bonds is 6. The summed E-state index contributed by atoms with van der Waals surface area (Å²) in [6.45, 7) is 1.42. The minimum Gasteiger partial charge on any atom is -0.393 e. The zero-order valence-corrected chi connectivity index (χ0v) is 13.0. The van der Waals surface area contributed by atoms with Gasteiger partial charge >= 0.3 is 0 Å². The van der Waals surface area contributed by atoms with Crippen molar-refractivity contribution in [1.82, 2.24) is 0 Å². The first kappa shape index (κ1) is 16.6. The highest BCUT2D eigenvalue weighted by molar-refractivity contribution is 7.86. The molecule has 6 heteroatoms. The van der Waals surface area contributed by atoms with Crippen LogP contribution in [0.3, 0.4) is 0 Å². The molecule has 0 aliphatic carbocycles. The summed E-state index contributed by atoms with van der Waals surface area (Å²) in [6.07, 6.45) is -0.939. The largest absolute Gasteiger partial charge is 0.393 e. The van der Waals surface area contributed by atoms with Gasteiger partial charge in [-0.15, -0.1) is 0 Å². The van der Waals surface area contributed by atoms with E-state index in [9.17, 15) is 13.5 Å². The fraction of sp³-hybridized carbons (Fsp3) is 0.250. The highest BCUT2D eigenvalue weighted by Crippen LogP contribution is 2.17. The average molecular weight is 322 g/mol. The Bertz CT molecular complexity index is 705. The van der Waals surface area contributed by atoms with Crippen LogP contribution in [0.5, 0.6) is 0 Å². The van der Waals surface area contributed by atoms with E-state index in [1.165, 1.54) is 12.1 Å². The van der Waals surface area contributed by atoms with Crippen molar-refractivity contribution in [2.75, 3.05) is 6.61 Å². The molecule has 0 aliphatic rings. The van der Waals surface area contributed by atoms with Crippen LogP contribution < -0.4 is 0 Å². The molecule has 0 aromatic heterocycles. The molecule has 0 saturated heterocycles. The van der Waals surface area contributed by atoms with E-state index in [1.54, 1.807) is 36.4 Å². The van der Waals surface area contributed by atoms with Gasteiger partial charge < -0.3 is 10.2 Å². The van der Waals surface area contributed by atoms with E-state index in [2.05, 4.69) is 0 Å². The average Bonchev–Trinajstić information content (AvgIpc) is 2.53. The molecule has 2 aromatic rings. The summed E-state index contributed by atoms with van der Waals surface area (Å²) in [7, 11) is -3.80. The van der Waals surface area contributed by atoms with Crippen molar-refractivity contribution in [2.45, 2.75) is 24.5 Å². The normalized spacial score (nSPS) is 13.0. The first-order valence-corrected chi connectivity index (χ1v) is 8.17. The van der Waals surface area contributed by atoms with E-state index in [0.717, 1.165) is 5.56 Å². The molecule has 0 saturated carbocycles. The summed E-state index contributed by atoms with van der Waals surface area (Å²) < 4.78 is 29.1. The molecule has 0 amide bonds. The summed E-state index contributed by atoms with van der Waals surface area (Å²) in [5.41, 5.74) is 2.19. The second-order valence-electron chi connectivity index (χ2n) is 4.97. The highest BCUT2D eigenvalue weighted by atomic mass is 32.2. The predicted octanol–water partition coefficient (Wildman–Crippen LogP) is 1.93. The molecule has 0 heterocycles. The Hall–Kier alpha value is -1.73. The van der Waals surface area contributed by atoms with Gasteiger partial charge in [-0.05, 0) is 30.2 Å². The molecule has 2 rings (SSSR count). The van der Waals surface area contributed by atoms with E-state index in [1.807, 2.05) is 6.92 Å². The molecule has 0 fully saturated rings. The summed E-state index contributed by atoms with van der Waals surface area (Å²) in [5, 5.41) is 18.3. The first-order valence-electron chi connectivity index (χ1n) is 6.76. The Morgan fingerprint density at radius 3 is 2.18 bits per heavy atom. The number of benzene rings is 2. The van der Waals surface area contributed by atoms with Crippen LogP contribution >= 0.6 is 0 Å². The van der Waals surface area contributed by atoms with Crippen LogP contribution in [0.1, 0.15) is 22.8 Å². The Balaban J connectivity index is 2.04. The zero-order chi connectivity index (χ0) is 16.2. The molecule has 0 spiro atoms. The van der Waals surface area contributed by atoms with Crippen LogP contribution in [-0.2, 0) is 20.9 Å². The summed E-state index contributed by atoms with van der Waals surface area (Å²) in [5.74, 6) is 0. The van der Waals surface area contributed by atoms with Gasteiger partial charge in [-0.3, -0.25) is 4.18 Å². The van der Waals surface area contributed by atoms with Crippen LogP contribution in [0.2, 0.25) is 0 Å². The van der Waals surface area contributed by atoms with Gasteiger partial charge in [0.15, 0.2) is 0 Å². The lowest BCUT2D eigenvalue weighted by atomic mass is 10.1. The maximum absolute atomic E-state index is 12.0. The van der Waals surface area contributed by atoms with Gasteiger partial charge in [0.1, 0.15) is 6.10 Å². The second-order valence-corrected chi connectivity index (χ2v) is 6.58. The number of aryl methyl sites for hydroxylation is 1. The van der Waals surface area contributed by atoms with E-state index in [0.29, 0.717) is 11.1 Å². The maximum atomic E-state index is 12.0. The quantitative estimate of drug-likeness (QED) is 0.794. The monoisotopic (exact) mass is 322 g/mol. The minimum absolute atomic E-state index is 0.0916. The Kier molecular flexibility index (Phi) is 5.31. The van der Waals surface area contributed by atoms with E-state index in [-0.39, 0.29) is 18.1 Å². The van der Waals surface area contributed by atoms with E-state index >= 15 is 0 Å². The summed E-state index contributed by atoms with van der Waals surface area (Å²) in [6, 6.07) is 13.0. The van der Waals surface area contributed by atoms with Crippen molar-refractivity contribution in [3.63, 3.8) is 0 Å². The number of aliphatic hydroxyl groups is 2. The predicted molar refractivity (Wildman–Crippen MR) is 81.6 cm³/mol. The van der Waals surface area contributed by atoms with Crippen LogP contribution in [0.4, 0.5) is 0 Å². The zero-order valence-electron chi connectivity index (χ0n) is 12.1. The van der Waals surface area contributed by atoms with Gasteiger partial charge in [-0.25, -0.2) is 0 Å². The minimum atomic E-state index is -3.80. The van der Waals surface area contributed by atoms with Gasteiger partial charge in [0.05, 0.1) is 18.1 Å². The van der Waals surface area contributed by atoms with Crippen LogP contribution in [0.15, 0.2) is 53.4 Å². The van der Waals surface area contributed by atoms with Crippen LogP contribution in [0, 0.1) is 6.92 Å². The number of aliphatic hydroxyl groups excluding tert-OH is 2. The Labute approximate surface area is 129 Å². The molecule has 0 aliphatic heterocycles. The van der Waals surface area contributed by atoms with E-state index < -0.39 is 16.2 Å². The molecule has 118 valence electrons. The molecular weight excluding hydrogens is 304 g/mol. The second kappa shape index (κ2) is 7.02. The molecule has 0 unspecified atom stereocenters. The molecule has 0 bridgehead atoms. The van der Waals surface area contributed by atoms with E-state index in [4.69, 9.17) is 9.29 Å². The maximum Gasteiger partial charge on any atom is 0.297 e. The SMILES string of the molecule is Cc1ccc(S(=O)(=O)OCc2ccc([C@H](O)CO)cc2)cc1. The molecule has 22 heavy (non-hydrogen) atoms. The highest BCUT2D eigenvalue weighted by Gasteiger charge is 2.15. The van der Waals surface area contributed by atoms with Crippen molar-refractivity contribution in [1.29, 1.82) is 0 Å². The number of hydrogen-bond acceptors (Lipinski definition) is 5. The van der Waals surface area contributed by atoms with Gasteiger partial charge in [-0.1, -0.05) is 42.0 Å². The third-order valence-corrected chi connectivity index (χ3v) is 4.51. The Morgan fingerprint density at radius 2 is 1.64 bits per heavy atom. The van der Waals surface area contributed by atoms with Gasteiger partial charge in [0.25, 0.3) is 10.1 Å². The van der Waals surface area contributed by atoms with Crippen molar-refractivity contribution >= 4 is 10.1 Å². The molecular formula is C16H18O5S. The van der Waals surface area contributed by atoms with Crippen molar-refractivity contribution < 1.29 is 22.8 Å². The molecule has 0 radical (unpaired) electrons. The lowest BCUT2D eigenvalue weighted by molar-refractivity contribution is 0.0956. The first-order chi connectivity index (χ1) is 10.4.